The molecule has 0 aromatic heterocycles. The summed E-state index contributed by atoms with van der Waals surface area (Å²) in [5, 5.41) is 3.20. The summed E-state index contributed by atoms with van der Waals surface area (Å²) < 4.78 is 0. The van der Waals surface area contributed by atoms with Crippen LogP contribution < -0.4 is 16.8 Å². The number of unbranched alkanes of at least 4 members (excludes halogenated alkanes) is 1. The first-order valence-electron chi connectivity index (χ1n) is 3.00. The number of nitrogens with one attached hydrogen (secondary N) is 1. The normalized spacial score (nSPS) is 9.00. The highest BCUT2D eigenvalue weighted by Crippen LogP contribution is 1.80. The van der Waals surface area contributed by atoms with E-state index in [0.29, 0.717) is 5.11 Å². The van der Waals surface area contributed by atoms with Crippen molar-refractivity contribution in [3.05, 3.63) is 0 Å². The maximum Gasteiger partial charge on any atom is 0.163 e. The van der Waals surface area contributed by atoms with Gasteiger partial charge in [0.25, 0.3) is 0 Å². The average Bonchev–Trinajstić information content (AvgIpc) is 1.80. The monoisotopic (exact) mass is 147 g/mol. The SMILES string of the molecule is NCCCCNC(N)=S. The summed E-state index contributed by atoms with van der Waals surface area (Å²) in [6.07, 6.45) is 2.06. The van der Waals surface area contributed by atoms with Gasteiger partial charge >= 0.3 is 0 Å². The number of rotatable bonds is 4. The molecule has 0 atom stereocenters. The molecule has 0 aromatic carbocycles. The van der Waals surface area contributed by atoms with Gasteiger partial charge in [-0.05, 0) is 31.6 Å². The van der Waals surface area contributed by atoms with Gasteiger partial charge in [-0.25, -0.2) is 0 Å². The number of nitrogens with two attached hydrogens (primary N) is 2. The van der Waals surface area contributed by atoms with Crippen molar-refractivity contribution in [3.63, 3.8) is 0 Å². The van der Waals surface area contributed by atoms with Crippen LogP contribution in [0.3, 0.4) is 0 Å². The molecule has 0 aliphatic carbocycles. The second-order valence-corrected chi connectivity index (χ2v) is 2.23. The van der Waals surface area contributed by atoms with E-state index in [4.69, 9.17) is 11.5 Å². The van der Waals surface area contributed by atoms with Crippen LogP contribution in [0.2, 0.25) is 0 Å². The predicted octanol–water partition coefficient (Wildman–Crippen LogP) is -0.441. The molecule has 0 saturated carbocycles. The van der Waals surface area contributed by atoms with E-state index in [2.05, 4.69) is 17.5 Å². The first-order valence-corrected chi connectivity index (χ1v) is 3.41. The predicted molar refractivity (Wildman–Crippen MR) is 43.1 cm³/mol. The minimum absolute atomic E-state index is 0.368. The van der Waals surface area contributed by atoms with Crippen molar-refractivity contribution in [3.8, 4) is 0 Å². The first kappa shape index (κ1) is 8.65. The van der Waals surface area contributed by atoms with Crippen molar-refractivity contribution in [2.75, 3.05) is 13.1 Å². The maximum absolute atomic E-state index is 5.25. The number of thiocarbonyl (C=S) groups is 1. The van der Waals surface area contributed by atoms with Crippen LogP contribution in [0.5, 0.6) is 0 Å². The Balaban J connectivity index is 2.83. The molecular weight excluding hydrogens is 134 g/mol. The molecule has 0 aliphatic rings. The van der Waals surface area contributed by atoms with Crippen LogP contribution in [0.1, 0.15) is 12.8 Å². The van der Waals surface area contributed by atoms with Gasteiger partial charge in [0.2, 0.25) is 0 Å². The smallest absolute Gasteiger partial charge is 0.163 e. The van der Waals surface area contributed by atoms with E-state index in [-0.39, 0.29) is 0 Å². The van der Waals surface area contributed by atoms with Gasteiger partial charge in [-0.3, -0.25) is 0 Å². The molecule has 0 aliphatic heterocycles. The molecule has 0 fully saturated rings. The molecule has 0 amide bonds. The minimum Gasteiger partial charge on any atom is -0.376 e. The fourth-order valence-electron chi connectivity index (χ4n) is 0.481. The summed E-state index contributed by atoms with van der Waals surface area (Å²) >= 11 is 4.58. The lowest BCUT2D eigenvalue weighted by atomic mass is 10.3. The van der Waals surface area contributed by atoms with Crippen molar-refractivity contribution in [1.82, 2.24) is 5.32 Å². The van der Waals surface area contributed by atoms with Crippen LogP contribution in [0.15, 0.2) is 0 Å². The Morgan fingerprint density at radius 3 is 2.56 bits per heavy atom. The molecule has 0 aromatic rings. The summed E-state index contributed by atoms with van der Waals surface area (Å²) in [5.41, 5.74) is 10.4. The summed E-state index contributed by atoms with van der Waals surface area (Å²) in [4.78, 5) is 0. The second kappa shape index (κ2) is 5.78. The van der Waals surface area contributed by atoms with E-state index >= 15 is 0 Å². The zero-order chi connectivity index (χ0) is 7.11. The highest BCUT2D eigenvalue weighted by atomic mass is 32.1. The van der Waals surface area contributed by atoms with E-state index in [1.165, 1.54) is 0 Å². The lowest BCUT2D eigenvalue weighted by Crippen LogP contribution is -2.29. The zero-order valence-corrected chi connectivity index (χ0v) is 6.21. The molecule has 0 bridgehead atoms. The Morgan fingerprint density at radius 1 is 1.44 bits per heavy atom. The molecular formula is C5H13N3S. The van der Waals surface area contributed by atoms with Crippen LogP contribution in [-0.4, -0.2) is 18.2 Å². The summed E-state index contributed by atoms with van der Waals surface area (Å²) in [7, 11) is 0. The van der Waals surface area contributed by atoms with E-state index in [1.54, 1.807) is 0 Å². The Hall–Kier alpha value is -0.350. The van der Waals surface area contributed by atoms with Crippen molar-refractivity contribution in [1.29, 1.82) is 0 Å². The maximum atomic E-state index is 5.25. The molecule has 0 spiro atoms. The van der Waals surface area contributed by atoms with Gasteiger partial charge in [-0.1, -0.05) is 0 Å². The van der Waals surface area contributed by atoms with Gasteiger partial charge in [0, 0.05) is 6.54 Å². The third kappa shape index (κ3) is 7.65. The fraction of sp³-hybridized carbons (Fsp3) is 0.800. The van der Waals surface area contributed by atoms with Crippen molar-refractivity contribution < 1.29 is 0 Å². The molecule has 3 nitrogen and oxygen atoms in total. The molecule has 0 radical (unpaired) electrons. The van der Waals surface area contributed by atoms with E-state index in [1.807, 2.05) is 0 Å². The standard InChI is InChI=1S/C5H13N3S/c6-3-1-2-4-8-5(7)9/h1-4,6H2,(H3,7,8,9). The van der Waals surface area contributed by atoms with Gasteiger partial charge in [0.1, 0.15) is 0 Å². The van der Waals surface area contributed by atoms with Crippen LogP contribution in [0, 0.1) is 0 Å². The zero-order valence-electron chi connectivity index (χ0n) is 5.39. The lowest BCUT2D eigenvalue weighted by Gasteiger charge is -2.00. The van der Waals surface area contributed by atoms with E-state index in [0.717, 1.165) is 25.9 Å². The van der Waals surface area contributed by atoms with Gasteiger partial charge < -0.3 is 16.8 Å². The number of hydrogen-bond acceptors (Lipinski definition) is 2. The van der Waals surface area contributed by atoms with E-state index < -0.39 is 0 Å². The Bertz CT molecular complexity index is 84.3. The van der Waals surface area contributed by atoms with Gasteiger partial charge in [0.15, 0.2) is 5.11 Å². The molecule has 0 rings (SSSR count). The van der Waals surface area contributed by atoms with Gasteiger partial charge in [-0.15, -0.1) is 0 Å². The topological polar surface area (TPSA) is 64.1 Å². The summed E-state index contributed by atoms with van der Waals surface area (Å²) in [5.74, 6) is 0. The quantitative estimate of drug-likeness (QED) is 0.372. The van der Waals surface area contributed by atoms with Crippen LogP contribution in [-0.2, 0) is 0 Å². The average molecular weight is 147 g/mol. The highest BCUT2D eigenvalue weighted by molar-refractivity contribution is 7.80. The molecule has 4 heteroatoms. The van der Waals surface area contributed by atoms with Crippen molar-refractivity contribution >= 4 is 17.3 Å². The summed E-state index contributed by atoms with van der Waals surface area (Å²) in [6, 6.07) is 0. The van der Waals surface area contributed by atoms with Crippen LogP contribution in [0.4, 0.5) is 0 Å². The largest absolute Gasteiger partial charge is 0.376 e. The van der Waals surface area contributed by atoms with Crippen molar-refractivity contribution in [2.45, 2.75) is 12.8 Å². The van der Waals surface area contributed by atoms with Gasteiger partial charge in [0.05, 0.1) is 0 Å². The van der Waals surface area contributed by atoms with Crippen LogP contribution in [0.25, 0.3) is 0 Å². The minimum atomic E-state index is 0.368. The first-order chi connectivity index (χ1) is 4.27. The third-order valence-electron chi connectivity index (χ3n) is 0.930. The van der Waals surface area contributed by atoms with Crippen molar-refractivity contribution in [2.24, 2.45) is 11.5 Å². The Labute approximate surface area is 60.8 Å². The number of hydrogen-bond donors (Lipinski definition) is 3. The molecule has 5 N–H and O–H groups in total. The Morgan fingerprint density at radius 2 is 2.11 bits per heavy atom. The summed E-state index contributed by atoms with van der Waals surface area (Å²) in [6.45, 7) is 1.57. The second-order valence-electron chi connectivity index (χ2n) is 1.79. The molecule has 0 heterocycles. The molecule has 0 unspecified atom stereocenters. The van der Waals surface area contributed by atoms with Crippen LogP contribution >= 0.6 is 12.2 Å². The van der Waals surface area contributed by atoms with Gasteiger partial charge in [-0.2, -0.15) is 0 Å². The fourth-order valence-corrected chi connectivity index (χ4v) is 0.583. The lowest BCUT2D eigenvalue weighted by molar-refractivity contribution is 0.719. The molecule has 0 saturated heterocycles. The molecule has 54 valence electrons. The van der Waals surface area contributed by atoms with E-state index in [9.17, 15) is 0 Å². The third-order valence-corrected chi connectivity index (χ3v) is 1.07. The highest BCUT2D eigenvalue weighted by Gasteiger charge is 1.85. The Kier molecular flexibility index (Phi) is 5.56. The molecule has 9 heavy (non-hydrogen) atoms.